The van der Waals surface area contributed by atoms with Gasteiger partial charge < -0.3 is 9.72 Å². The number of aromatic nitrogens is 2. The van der Waals surface area contributed by atoms with E-state index in [4.69, 9.17) is 0 Å². The molecule has 3 rings (SSSR count). The molecule has 0 atom stereocenters. The van der Waals surface area contributed by atoms with Crippen molar-refractivity contribution in [3.8, 4) is 11.3 Å². The molecular formula is C18H19N3O. The highest BCUT2D eigenvalue weighted by atomic mass is 16.1. The highest BCUT2D eigenvalue weighted by Crippen LogP contribution is 2.23. The molecule has 3 aromatic rings. The van der Waals surface area contributed by atoms with Gasteiger partial charge in [-0.3, -0.25) is 4.79 Å². The van der Waals surface area contributed by atoms with Gasteiger partial charge in [-0.1, -0.05) is 19.1 Å². The number of imidazole rings is 1. The number of anilines is 1. The number of hydrogen-bond donors (Lipinski definition) is 1. The van der Waals surface area contributed by atoms with E-state index in [9.17, 15) is 4.79 Å². The fraction of sp³-hybridized carbons (Fsp3) is 0.222. The lowest BCUT2D eigenvalue weighted by Gasteiger charge is -2.05. The summed E-state index contributed by atoms with van der Waals surface area (Å²) < 4.78 is 2.00. The van der Waals surface area contributed by atoms with Gasteiger partial charge in [0.2, 0.25) is 5.91 Å². The van der Waals surface area contributed by atoms with Crippen LogP contribution >= 0.6 is 0 Å². The average molecular weight is 293 g/mol. The summed E-state index contributed by atoms with van der Waals surface area (Å²) in [7, 11) is 0. The number of rotatable bonds is 4. The van der Waals surface area contributed by atoms with Gasteiger partial charge in [-0.05, 0) is 43.2 Å². The monoisotopic (exact) mass is 293 g/mol. The van der Waals surface area contributed by atoms with Crippen molar-refractivity contribution < 1.29 is 4.79 Å². The minimum Gasteiger partial charge on any atom is -0.326 e. The number of pyridine rings is 1. The van der Waals surface area contributed by atoms with Crippen LogP contribution in [0.15, 0.2) is 48.8 Å². The van der Waals surface area contributed by atoms with Crippen LogP contribution < -0.4 is 5.32 Å². The van der Waals surface area contributed by atoms with Crippen molar-refractivity contribution in [2.24, 2.45) is 0 Å². The molecule has 0 radical (unpaired) electrons. The predicted octanol–water partition coefficient (Wildman–Crippen LogP) is 4.05. The van der Waals surface area contributed by atoms with Gasteiger partial charge in [0, 0.05) is 30.1 Å². The third kappa shape index (κ3) is 3.01. The van der Waals surface area contributed by atoms with Crippen LogP contribution in [0.1, 0.15) is 25.3 Å². The van der Waals surface area contributed by atoms with Gasteiger partial charge in [0.1, 0.15) is 5.65 Å². The van der Waals surface area contributed by atoms with Gasteiger partial charge in [-0.2, -0.15) is 0 Å². The van der Waals surface area contributed by atoms with Gasteiger partial charge in [0.15, 0.2) is 0 Å². The second-order valence-electron chi connectivity index (χ2n) is 5.47. The average Bonchev–Trinajstić information content (AvgIpc) is 2.90. The first kappa shape index (κ1) is 14.3. The number of aryl methyl sites for hydroxylation is 1. The molecule has 0 spiro atoms. The largest absolute Gasteiger partial charge is 0.326 e. The second kappa shape index (κ2) is 6.02. The Morgan fingerprint density at radius 3 is 2.95 bits per heavy atom. The summed E-state index contributed by atoms with van der Waals surface area (Å²) in [6, 6.07) is 11.9. The predicted molar refractivity (Wildman–Crippen MR) is 88.9 cm³/mol. The van der Waals surface area contributed by atoms with Crippen LogP contribution in [0.25, 0.3) is 16.9 Å². The maximum Gasteiger partial charge on any atom is 0.224 e. The van der Waals surface area contributed by atoms with Crippen LogP contribution in [0.5, 0.6) is 0 Å². The molecule has 1 aromatic carbocycles. The standard InChI is InChI=1S/C18H19N3O/c1-3-5-18(22)19-15-7-4-6-14(11-15)16-12-21-9-8-13(2)10-17(21)20-16/h4,6-12H,3,5H2,1-2H3,(H,19,22). The molecule has 2 aromatic heterocycles. The molecule has 0 aliphatic rings. The quantitative estimate of drug-likeness (QED) is 0.789. The topological polar surface area (TPSA) is 46.4 Å². The molecule has 0 unspecified atom stereocenters. The van der Waals surface area contributed by atoms with Crippen LogP contribution in [0.2, 0.25) is 0 Å². The Kier molecular flexibility index (Phi) is 3.92. The Bertz CT molecular complexity index is 820. The maximum atomic E-state index is 11.7. The van der Waals surface area contributed by atoms with E-state index < -0.39 is 0 Å². The van der Waals surface area contributed by atoms with E-state index in [1.54, 1.807) is 0 Å². The third-order valence-electron chi connectivity index (χ3n) is 3.53. The summed E-state index contributed by atoms with van der Waals surface area (Å²) in [4.78, 5) is 16.4. The van der Waals surface area contributed by atoms with E-state index in [1.807, 2.05) is 48.0 Å². The van der Waals surface area contributed by atoms with Crippen LogP contribution in [-0.4, -0.2) is 15.3 Å². The zero-order chi connectivity index (χ0) is 15.5. The Morgan fingerprint density at radius 2 is 2.14 bits per heavy atom. The van der Waals surface area contributed by atoms with Crippen molar-refractivity contribution >= 4 is 17.2 Å². The van der Waals surface area contributed by atoms with Gasteiger partial charge in [-0.25, -0.2) is 4.98 Å². The number of benzene rings is 1. The Balaban J connectivity index is 1.91. The normalized spacial score (nSPS) is 10.8. The highest BCUT2D eigenvalue weighted by molar-refractivity contribution is 5.91. The van der Waals surface area contributed by atoms with Gasteiger partial charge in [0.25, 0.3) is 0 Å². The molecule has 0 bridgehead atoms. The highest BCUT2D eigenvalue weighted by Gasteiger charge is 2.06. The maximum absolute atomic E-state index is 11.7. The first-order valence-corrected chi connectivity index (χ1v) is 7.51. The molecule has 0 saturated heterocycles. The molecule has 2 heterocycles. The molecule has 22 heavy (non-hydrogen) atoms. The number of nitrogens with zero attached hydrogens (tertiary/aromatic N) is 2. The molecule has 0 aliphatic carbocycles. The Hall–Kier alpha value is -2.62. The summed E-state index contributed by atoms with van der Waals surface area (Å²) in [5.74, 6) is 0.0466. The van der Waals surface area contributed by atoms with Gasteiger partial charge in [0.05, 0.1) is 5.69 Å². The molecular weight excluding hydrogens is 274 g/mol. The second-order valence-corrected chi connectivity index (χ2v) is 5.47. The fourth-order valence-electron chi connectivity index (χ4n) is 2.43. The molecule has 4 heteroatoms. The van der Waals surface area contributed by atoms with Crippen LogP contribution in [-0.2, 0) is 4.79 Å². The minimum atomic E-state index is 0.0466. The summed E-state index contributed by atoms with van der Waals surface area (Å²) in [6.07, 6.45) is 5.39. The molecule has 1 N–H and O–H groups in total. The number of nitrogens with one attached hydrogen (secondary N) is 1. The van der Waals surface area contributed by atoms with Gasteiger partial charge in [-0.15, -0.1) is 0 Å². The van der Waals surface area contributed by atoms with Crippen molar-refractivity contribution in [1.29, 1.82) is 0 Å². The number of hydrogen-bond acceptors (Lipinski definition) is 2. The summed E-state index contributed by atoms with van der Waals surface area (Å²) in [5, 5.41) is 2.92. The lowest BCUT2D eigenvalue weighted by Crippen LogP contribution is -2.10. The molecule has 0 aliphatic heterocycles. The minimum absolute atomic E-state index is 0.0466. The van der Waals surface area contributed by atoms with Crippen LogP contribution in [0, 0.1) is 6.92 Å². The zero-order valence-corrected chi connectivity index (χ0v) is 12.8. The van der Waals surface area contributed by atoms with E-state index >= 15 is 0 Å². The smallest absolute Gasteiger partial charge is 0.224 e. The van der Waals surface area contributed by atoms with Crippen LogP contribution in [0.3, 0.4) is 0 Å². The van der Waals surface area contributed by atoms with E-state index in [1.165, 1.54) is 5.56 Å². The zero-order valence-electron chi connectivity index (χ0n) is 12.8. The first-order chi connectivity index (χ1) is 10.7. The Labute approximate surface area is 129 Å². The van der Waals surface area contributed by atoms with Crippen molar-refractivity contribution in [1.82, 2.24) is 9.38 Å². The van der Waals surface area contributed by atoms with E-state index in [2.05, 4.69) is 29.4 Å². The van der Waals surface area contributed by atoms with Crippen molar-refractivity contribution in [3.05, 3.63) is 54.4 Å². The van der Waals surface area contributed by atoms with E-state index in [-0.39, 0.29) is 5.91 Å². The van der Waals surface area contributed by atoms with Crippen molar-refractivity contribution in [3.63, 3.8) is 0 Å². The molecule has 0 fully saturated rings. The summed E-state index contributed by atoms with van der Waals surface area (Å²) in [5.41, 5.74) is 4.82. The molecule has 1 amide bonds. The first-order valence-electron chi connectivity index (χ1n) is 7.51. The van der Waals surface area contributed by atoms with Crippen molar-refractivity contribution in [2.45, 2.75) is 26.7 Å². The van der Waals surface area contributed by atoms with Crippen LogP contribution in [0.4, 0.5) is 5.69 Å². The number of carbonyl (C=O) groups excluding carboxylic acids is 1. The summed E-state index contributed by atoms with van der Waals surface area (Å²) >= 11 is 0. The van der Waals surface area contributed by atoms with Gasteiger partial charge >= 0.3 is 0 Å². The number of amides is 1. The molecule has 112 valence electrons. The number of fused-ring (bicyclic) bond motifs is 1. The SMILES string of the molecule is CCCC(=O)Nc1cccc(-c2cn3ccc(C)cc3n2)c1. The summed E-state index contributed by atoms with van der Waals surface area (Å²) in [6.45, 7) is 4.05. The number of carbonyl (C=O) groups is 1. The Morgan fingerprint density at radius 1 is 1.27 bits per heavy atom. The third-order valence-corrected chi connectivity index (χ3v) is 3.53. The van der Waals surface area contributed by atoms with Crippen molar-refractivity contribution in [2.75, 3.05) is 5.32 Å². The molecule has 4 nitrogen and oxygen atoms in total. The van der Waals surface area contributed by atoms with E-state index in [0.29, 0.717) is 6.42 Å². The lowest BCUT2D eigenvalue weighted by atomic mass is 10.1. The fourth-order valence-corrected chi connectivity index (χ4v) is 2.43. The lowest BCUT2D eigenvalue weighted by molar-refractivity contribution is -0.116. The molecule has 0 saturated carbocycles. The van der Waals surface area contributed by atoms with E-state index in [0.717, 1.165) is 29.0 Å².